The second-order valence-electron chi connectivity index (χ2n) is 3.36. The third-order valence-electron chi connectivity index (χ3n) is 2.46. The number of hydrogen-bond acceptors (Lipinski definition) is 2. The lowest BCUT2D eigenvalue weighted by atomic mass is 10.0. The molecule has 0 aliphatic rings. The van der Waals surface area contributed by atoms with Crippen LogP contribution in [-0.2, 0) is 0 Å². The standard InChI is InChI=1S/C12H11NO/c1-8-6-9-4-2-3-5-10(9)12(13)11(8)7-14/h2-7H,13H2,1H3. The van der Waals surface area contributed by atoms with Crippen molar-refractivity contribution < 1.29 is 4.79 Å². The number of nitrogens with two attached hydrogens (primary N) is 1. The molecule has 14 heavy (non-hydrogen) atoms. The Labute approximate surface area is 82.3 Å². The van der Waals surface area contributed by atoms with E-state index in [0.717, 1.165) is 22.6 Å². The molecule has 0 aromatic heterocycles. The lowest BCUT2D eigenvalue weighted by molar-refractivity contribution is 0.112. The van der Waals surface area contributed by atoms with E-state index in [4.69, 9.17) is 5.73 Å². The second-order valence-corrected chi connectivity index (χ2v) is 3.36. The molecule has 2 aromatic carbocycles. The zero-order valence-corrected chi connectivity index (χ0v) is 7.95. The number of nitrogen functional groups attached to an aromatic ring is 1. The summed E-state index contributed by atoms with van der Waals surface area (Å²) in [7, 11) is 0. The van der Waals surface area contributed by atoms with Crippen molar-refractivity contribution in [2.75, 3.05) is 5.73 Å². The molecule has 2 rings (SSSR count). The monoisotopic (exact) mass is 185 g/mol. The van der Waals surface area contributed by atoms with Gasteiger partial charge in [-0.1, -0.05) is 30.3 Å². The first-order valence-corrected chi connectivity index (χ1v) is 4.47. The molecule has 70 valence electrons. The Kier molecular flexibility index (Phi) is 1.97. The Morgan fingerprint density at radius 1 is 1.29 bits per heavy atom. The third-order valence-corrected chi connectivity index (χ3v) is 2.46. The fourth-order valence-electron chi connectivity index (χ4n) is 1.69. The molecule has 2 heteroatoms. The zero-order chi connectivity index (χ0) is 10.1. The smallest absolute Gasteiger partial charge is 0.152 e. The first-order valence-electron chi connectivity index (χ1n) is 4.47. The summed E-state index contributed by atoms with van der Waals surface area (Å²) in [6, 6.07) is 9.78. The maximum Gasteiger partial charge on any atom is 0.152 e. The van der Waals surface area contributed by atoms with Crippen molar-refractivity contribution in [3.63, 3.8) is 0 Å². The van der Waals surface area contributed by atoms with Crippen LogP contribution in [0.3, 0.4) is 0 Å². The van der Waals surface area contributed by atoms with Gasteiger partial charge >= 0.3 is 0 Å². The molecule has 0 aliphatic carbocycles. The Bertz CT molecular complexity index is 503. The lowest BCUT2D eigenvalue weighted by Crippen LogP contribution is -1.97. The molecule has 0 radical (unpaired) electrons. The van der Waals surface area contributed by atoms with E-state index in [1.165, 1.54) is 0 Å². The van der Waals surface area contributed by atoms with Crippen LogP contribution in [0, 0.1) is 6.92 Å². The van der Waals surface area contributed by atoms with E-state index in [1.807, 2.05) is 37.3 Å². The minimum atomic E-state index is 0.579. The highest BCUT2D eigenvalue weighted by molar-refractivity contribution is 6.02. The van der Waals surface area contributed by atoms with Gasteiger partial charge in [0.15, 0.2) is 6.29 Å². The summed E-state index contributed by atoms with van der Waals surface area (Å²) in [4.78, 5) is 10.8. The first-order chi connectivity index (χ1) is 6.74. The van der Waals surface area contributed by atoms with Crippen molar-refractivity contribution in [3.8, 4) is 0 Å². The molecular weight excluding hydrogens is 174 g/mol. The van der Waals surface area contributed by atoms with Gasteiger partial charge in [-0.25, -0.2) is 0 Å². The summed E-state index contributed by atoms with van der Waals surface area (Å²) < 4.78 is 0. The Morgan fingerprint density at radius 3 is 2.71 bits per heavy atom. The number of carbonyl (C=O) groups excluding carboxylic acids is 1. The van der Waals surface area contributed by atoms with Crippen molar-refractivity contribution in [2.24, 2.45) is 0 Å². The van der Waals surface area contributed by atoms with Crippen molar-refractivity contribution in [1.29, 1.82) is 0 Å². The predicted octanol–water partition coefficient (Wildman–Crippen LogP) is 2.54. The van der Waals surface area contributed by atoms with Gasteiger partial charge in [0, 0.05) is 10.9 Å². The highest BCUT2D eigenvalue weighted by atomic mass is 16.1. The quantitative estimate of drug-likeness (QED) is 0.548. The zero-order valence-electron chi connectivity index (χ0n) is 7.95. The molecule has 0 saturated heterocycles. The highest BCUT2D eigenvalue weighted by Crippen LogP contribution is 2.26. The summed E-state index contributed by atoms with van der Waals surface area (Å²) in [5.41, 5.74) is 8.01. The number of fused-ring (bicyclic) bond motifs is 1. The summed E-state index contributed by atoms with van der Waals surface area (Å²) >= 11 is 0. The molecule has 0 fully saturated rings. The van der Waals surface area contributed by atoms with Crippen molar-refractivity contribution in [1.82, 2.24) is 0 Å². The van der Waals surface area contributed by atoms with Gasteiger partial charge in [0.25, 0.3) is 0 Å². The molecular formula is C12H11NO. The molecule has 2 aromatic rings. The fourth-order valence-corrected chi connectivity index (χ4v) is 1.69. The normalized spacial score (nSPS) is 10.4. The predicted molar refractivity (Wildman–Crippen MR) is 58.5 cm³/mol. The number of anilines is 1. The van der Waals surface area contributed by atoms with Crippen LogP contribution in [0.1, 0.15) is 15.9 Å². The molecule has 2 nitrogen and oxygen atoms in total. The maximum absolute atomic E-state index is 10.8. The molecule has 0 atom stereocenters. The van der Waals surface area contributed by atoms with Gasteiger partial charge in [-0.05, 0) is 17.9 Å². The van der Waals surface area contributed by atoms with Crippen molar-refractivity contribution >= 4 is 22.7 Å². The van der Waals surface area contributed by atoms with Crippen LogP contribution in [-0.4, -0.2) is 6.29 Å². The Hall–Kier alpha value is -1.83. The van der Waals surface area contributed by atoms with E-state index < -0.39 is 0 Å². The average molecular weight is 185 g/mol. The summed E-state index contributed by atoms with van der Waals surface area (Å²) in [6.07, 6.45) is 0.817. The van der Waals surface area contributed by atoms with E-state index in [1.54, 1.807) is 0 Å². The van der Waals surface area contributed by atoms with Gasteiger partial charge < -0.3 is 5.73 Å². The lowest BCUT2D eigenvalue weighted by Gasteiger charge is -2.07. The minimum Gasteiger partial charge on any atom is -0.398 e. The van der Waals surface area contributed by atoms with E-state index in [2.05, 4.69) is 0 Å². The van der Waals surface area contributed by atoms with Crippen molar-refractivity contribution in [2.45, 2.75) is 6.92 Å². The van der Waals surface area contributed by atoms with Crippen LogP contribution in [0.15, 0.2) is 30.3 Å². The number of hydrogen-bond donors (Lipinski definition) is 1. The van der Waals surface area contributed by atoms with E-state index in [-0.39, 0.29) is 0 Å². The SMILES string of the molecule is Cc1cc2ccccc2c(N)c1C=O. The molecule has 2 N–H and O–H groups in total. The molecule has 0 aliphatic heterocycles. The largest absolute Gasteiger partial charge is 0.398 e. The second kappa shape index (κ2) is 3.14. The van der Waals surface area contributed by atoms with Gasteiger partial charge in [0.2, 0.25) is 0 Å². The minimum absolute atomic E-state index is 0.579. The molecule has 0 bridgehead atoms. The van der Waals surface area contributed by atoms with E-state index >= 15 is 0 Å². The molecule has 0 spiro atoms. The first kappa shape index (κ1) is 8.75. The average Bonchev–Trinajstić information content (AvgIpc) is 2.18. The van der Waals surface area contributed by atoms with Gasteiger partial charge in [0.05, 0.1) is 5.69 Å². The fraction of sp³-hybridized carbons (Fsp3) is 0.0833. The van der Waals surface area contributed by atoms with E-state index in [0.29, 0.717) is 11.3 Å². The summed E-state index contributed by atoms with van der Waals surface area (Å²) in [5.74, 6) is 0. The molecule has 0 unspecified atom stereocenters. The number of aryl methyl sites for hydroxylation is 1. The van der Waals surface area contributed by atoms with Crippen LogP contribution in [0.25, 0.3) is 10.8 Å². The molecule has 0 saturated carbocycles. The van der Waals surface area contributed by atoms with Gasteiger partial charge in [0.1, 0.15) is 0 Å². The highest BCUT2D eigenvalue weighted by Gasteiger charge is 2.06. The number of benzene rings is 2. The number of aldehydes is 1. The number of rotatable bonds is 1. The summed E-state index contributed by atoms with van der Waals surface area (Å²) in [5, 5.41) is 2.02. The van der Waals surface area contributed by atoms with Crippen LogP contribution >= 0.6 is 0 Å². The molecule has 0 amide bonds. The number of carbonyl (C=O) groups is 1. The van der Waals surface area contributed by atoms with Crippen LogP contribution in [0.4, 0.5) is 5.69 Å². The van der Waals surface area contributed by atoms with Gasteiger partial charge in [-0.15, -0.1) is 0 Å². The maximum atomic E-state index is 10.8. The summed E-state index contributed by atoms with van der Waals surface area (Å²) in [6.45, 7) is 1.90. The Morgan fingerprint density at radius 2 is 2.00 bits per heavy atom. The van der Waals surface area contributed by atoms with Crippen LogP contribution < -0.4 is 5.73 Å². The third kappa shape index (κ3) is 1.16. The van der Waals surface area contributed by atoms with Crippen LogP contribution in [0.5, 0.6) is 0 Å². The Balaban J connectivity index is 2.92. The van der Waals surface area contributed by atoms with Crippen molar-refractivity contribution in [3.05, 3.63) is 41.5 Å². The van der Waals surface area contributed by atoms with E-state index in [9.17, 15) is 4.79 Å². The van der Waals surface area contributed by atoms with Gasteiger partial charge in [-0.2, -0.15) is 0 Å². The van der Waals surface area contributed by atoms with Crippen LogP contribution in [0.2, 0.25) is 0 Å². The van der Waals surface area contributed by atoms with Gasteiger partial charge in [-0.3, -0.25) is 4.79 Å². The molecule has 0 heterocycles. The topological polar surface area (TPSA) is 43.1 Å².